The Labute approximate surface area is 241 Å². The molecule has 4 saturated heterocycles. The number of ether oxygens (including phenoxy) is 10. The lowest BCUT2D eigenvalue weighted by Gasteiger charge is -2.47. The maximum Gasteiger partial charge on any atom is 0.194 e. The molecule has 0 aliphatic carbocycles. The third kappa shape index (κ3) is 7.57. The molecular formula is C27H47O14. The Kier molecular flexibility index (Phi) is 11.8. The van der Waals surface area contributed by atoms with Gasteiger partial charge in [-0.15, -0.1) is 0 Å². The predicted octanol–water partition coefficient (Wildman–Crippen LogP) is -0.150. The van der Waals surface area contributed by atoms with Gasteiger partial charge in [-0.05, 0) is 27.7 Å². The van der Waals surface area contributed by atoms with Gasteiger partial charge in [0, 0.05) is 40.6 Å². The highest BCUT2D eigenvalue weighted by Gasteiger charge is 2.49. The van der Waals surface area contributed by atoms with Crippen LogP contribution >= 0.6 is 0 Å². The second-order valence-electron chi connectivity index (χ2n) is 11.3. The molecule has 0 bridgehead atoms. The second-order valence-corrected chi connectivity index (χ2v) is 11.3. The maximum atomic E-state index is 11.7. The van der Waals surface area contributed by atoms with Crippen molar-refractivity contribution < 1.29 is 67.8 Å². The van der Waals surface area contributed by atoms with Gasteiger partial charge < -0.3 is 62.7 Å². The standard InChI is InChI=1S/C27H47O14/c1-11-21(30)26(34-7)22(31)27(38-11)41-25-14(4)37-20(10-17(25)33-6)40-24-13(3)36-19(9-16(24)32-5)39-23-12(2)35-18(29)8-15(23)28/h11-28,30-31H,8-10H2,1-7H3/t11-,12-,13-,14-,15-,16+,17-,18?,19+,20+,21-,22-,23-,24-,25-,26+,27+/m1/s1. The quantitative estimate of drug-likeness (QED) is 0.322. The summed E-state index contributed by atoms with van der Waals surface area (Å²) in [7, 11) is 4.55. The zero-order valence-corrected chi connectivity index (χ0v) is 24.8. The Bertz CT molecular complexity index is 794. The minimum absolute atomic E-state index is 0.0565. The number of hydrogen-bond acceptors (Lipinski definition) is 13. The number of aliphatic hydroxyl groups is 3. The Morgan fingerprint density at radius 2 is 1.07 bits per heavy atom. The van der Waals surface area contributed by atoms with E-state index in [9.17, 15) is 20.4 Å². The van der Waals surface area contributed by atoms with Crippen molar-refractivity contribution >= 4 is 0 Å². The van der Waals surface area contributed by atoms with Crippen LogP contribution < -0.4 is 0 Å². The van der Waals surface area contributed by atoms with Crippen molar-refractivity contribution in [2.45, 2.75) is 151 Å². The summed E-state index contributed by atoms with van der Waals surface area (Å²) in [5.41, 5.74) is 0. The molecule has 4 heterocycles. The summed E-state index contributed by atoms with van der Waals surface area (Å²) >= 11 is 0. The normalized spacial score (nSPS) is 51.4. The highest BCUT2D eigenvalue weighted by atomic mass is 16.8. The molecule has 1 radical (unpaired) electrons. The molecule has 1 unspecified atom stereocenters. The summed E-state index contributed by atoms with van der Waals surface area (Å²) in [4.78, 5) is 0. The molecule has 4 fully saturated rings. The largest absolute Gasteiger partial charge is 0.390 e. The second kappa shape index (κ2) is 14.5. The zero-order valence-electron chi connectivity index (χ0n) is 24.8. The van der Waals surface area contributed by atoms with E-state index < -0.39 is 105 Å². The summed E-state index contributed by atoms with van der Waals surface area (Å²) in [5.74, 6) is 0. The van der Waals surface area contributed by atoms with Crippen LogP contribution in [0.25, 0.3) is 0 Å². The Balaban J connectivity index is 1.35. The third-order valence-electron chi connectivity index (χ3n) is 8.45. The molecule has 239 valence electrons. The molecule has 4 aliphatic rings. The fourth-order valence-electron chi connectivity index (χ4n) is 6.14. The number of aliphatic hydroxyl groups excluding tert-OH is 3. The van der Waals surface area contributed by atoms with E-state index in [1.54, 1.807) is 28.1 Å². The highest BCUT2D eigenvalue weighted by Crippen LogP contribution is 2.34. The minimum atomic E-state index is -1.28. The van der Waals surface area contributed by atoms with Gasteiger partial charge in [-0.3, -0.25) is 0 Å². The fraction of sp³-hybridized carbons (Fsp3) is 1.00. The van der Waals surface area contributed by atoms with Crippen LogP contribution in [0.4, 0.5) is 0 Å². The number of rotatable bonds is 9. The van der Waals surface area contributed by atoms with Crippen LogP contribution in [0.15, 0.2) is 0 Å². The first-order valence-corrected chi connectivity index (χ1v) is 14.3. The van der Waals surface area contributed by atoms with Crippen molar-refractivity contribution in [1.82, 2.24) is 0 Å². The molecular weight excluding hydrogens is 548 g/mol. The molecule has 0 aromatic rings. The topological polar surface area (TPSA) is 173 Å². The summed E-state index contributed by atoms with van der Waals surface area (Å²) < 4.78 is 58.6. The van der Waals surface area contributed by atoms with E-state index in [0.717, 1.165) is 0 Å². The Hall–Kier alpha value is -0.560. The first-order valence-electron chi connectivity index (χ1n) is 14.3. The van der Waals surface area contributed by atoms with Gasteiger partial charge in [0.1, 0.15) is 36.6 Å². The summed E-state index contributed by atoms with van der Waals surface area (Å²) in [6.45, 7) is 7.03. The fourth-order valence-corrected chi connectivity index (χ4v) is 6.14. The van der Waals surface area contributed by atoms with Crippen LogP contribution in [0.5, 0.6) is 0 Å². The lowest BCUT2D eigenvalue weighted by molar-refractivity contribution is -0.355. The lowest BCUT2D eigenvalue weighted by Crippen LogP contribution is -2.61. The van der Waals surface area contributed by atoms with Crippen molar-refractivity contribution in [2.24, 2.45) is 0 Å². The summed E-state index contributed by atoms with van der Waals surface area (Å²) in [5, 5.41) is 43.0. The van der Waals surface area contributed by atoms with Crippen LogP contribution in [0.1, 0.15) is 47.0 Å². The van der Waals surface area contributed by atoms with E-state index in [-0.39, 0.29) is 6.42 Å². The molecule has 4 aliphatic heterocycles. The van der Waals surface area contributed by atoms with Crippen LogP contribution in [0, 0.1) is 0 Å². The van der Waals surface area contributed by atoms with Gasteiger partial charge in [0.25, 0.3) is 0 Å². The molecule has 0 amide bonds. The van der Waals surface area contributed by atoms with Gasteiger partial charge in [0.05, 0.1) is 42.7 Å². The average molecular weight is 596 g/mol. The van der Waals surface area contributed by atoms with Gasteiger partial charge in [0.2, 0.25) is 0 Å². The smallest absolute Gasteiger partial charge is 0.194 e. The molecule has 3 N–H and O–H groups in total. The SMILES string of the molecule is CO[C@@H]1[C@@H](O)[C@H](O[C@@H]2[C@@H](C)O[C@@H](O[C@H]3[C@@H](OC)C[C@H](O[C@H]4[C@H](O)CC([O])O[C@@H]4C)O[C@@H]3C)C[C@H]2OC)O[C@H](C)[C@H]1O. The van der Waals surface area contributed by atoms with Crippen LogP contribution in [-0.2, 0) is 52.5 Å². The van der Waals surface area contributed by atoms with Crippen LogP contribution in [0.3, 0.4) is 0 Å². The van der Waals surface area contributed by atoms with Crippen molar-refractivity contribution in [3.8, 4) is 0 Å². The summed E-state index contributed by atoms with van der Waals surface area (Å²) in [6, 6.07) is 0. The van der Waals surface area contributed by atoms with E-state index in [2.05, 4.69) is 0 Å². The van der Waals surface area contributed by atoms with E-state index >= 15 is 0 Å². The molecule has 4 rings (SSSR count). The first kappa shape index (κ1) is 33.3. The minimum Gasteiger partial charge on any atom is -0.390 e. The molecule has 17 atom stereocenters. The van der Waals surface area contributed by atoms with E-state index in [0.29, 0.717) is 12.8 Å². The van der Waals surface area contributed by atoms with Gasteiger partial charge in [-0.1, -0.05) is 0 Å². The molecule has 0 aromatic heterocycles. The van der Waals surface area contributed by atoms with E-state index in [4.69, 9.17) is 47.4 Å². The molecule has 0 spiro atoms. The predicted molar refractivity (Wildman–Crippen MR) is 137 cm³/mol. The molecule has 41 heavy (non-hydrogen) atoms. The number of methoxy groups -OCH3 is 3. The van der Waals surface area contributed by atoms with E-state index in [1.165, 1.54) is 7.11 Å². The molecule has 0 saturated carbocycles. The van der Waals surface area contributed by atoms with Crippen LogP contribution in [-0.4, -0.2) is 141 Å². The molecule has 14 nitrogen and oxygen atoms in total. The molecule has 14 heteroatoms. The first-order chi connectivity index (χ1) is 19.5. The highest BCUT2D eigenvalue weighted by molar-refractivity contribution is 4.92. The zero-order chi connectivity index (χ0) is 30.0. The van der Waals surface area contributed by atoms with Crippen molar-refractivity contribution in [2.75, 3.05) is 21.3 Å². The van der Waals surface area contributed by atoms with Crippen molar-refractivity contribution in [1.29, 1.82) is 0 Å². The Morgan fingerprint density at radius 1 is 0.561 bits per heavy atom. The maximum absolute atomic E-state index is 11.7. The third-order valence-corrected chi connectivity index (χ3v) is 8.45. The average Bonchev–Trinajstić information content (AvgIpc) is 2.91. The number of hydrogen-bond donors (Lipinski definition) is 3. The van der Waals surface area contributed by atoms with Gasteiger partial charge >= 0.3 is 0 Å². The van der Waals surface area contributed by atoms with E-state index in [1.807, 2.05) is 13.8 Å². The monoisotopic (exact) mass is 595 g/mol. The Morgan fingerprint density at radius 3 is 1.59 bits per heavy atom. The van der Waals surface area contributed by atoms with Gasteiger partial charge in [-0.25, -0.2) is 5.11 Å². The van der Waals surface area contributed by atoms with Gasteiger partial charge in [-0.2, -0.15) is 0 Å². The van der Waals surface area contributed by atoms with Gasteiger partial charge in [0.15, 0.2) is 25.2 Å². The van der Waals surface area contributed by atoms with Crippen LogP contribution in [0.2, 0.25) is 0 Å². The van der Waals surface area contributed by atoms with Crippen molar-refractivity contribution in [3.63, 3.8) is 0 Å². The lowest BCUT2D eigenvalue weighted by atomic mass is 9.98. The van der Waals surface area contributed by atoms with Crippen molar-refractivity contribution in [3.05, 3.63) is 0 Å². The molecule has 0 aromatic carbocycles. The summed E-state index contributed by atoms with van der Waals surface area (Å²) in [6.07, 6.45) is -12.0.